The maximum absolute atomic E-state index is 13.3. The lowest BCUT2D eigenvalue weighted by atomic mass is 10.1. The molecule has 2 aromatic carbocycles. The van der Waals surface area contributed by atoms with E-state index in [1.54, 1.807) is 42.6 Å². The molecule has 140 valence electrons. The van der Waals surface area contributed by atoms with Crippen LogP contribution in [0, 0.1) is 5.82 Å². The molecule has 0 saturated heterocycles. The van der Waals surface area contributed by atoms with Gasteiger partial charge in [0.2, 0.25) is 0 Å². The Morgan fingerprint density at radius 2 is 1.86 bits per heavy atom. The second-order valence-corrected chi connectivity index (χ2v) is 7.41. The Morgan fingerprint density at radius 1 is 1.11 bits per heavy atom. The molecule has 1 N–H and O–H groups in total. The van der Waals surface area contributed by atoms with Crippen LogP contribution < -0.4 is 5.32 Å². The number of carbonyl (C=O) groups excluding carboxylic acids is 1. The third-order valence-corrected chi connectivity index (χ3v) is 5.31. The lowest BCUT2D eigenvalue weighted by molar-refractivity contribution is 0.0938. The van der Waals surface area contributed by atoms with E-state index in [1.165, 1.54) is 28.2 Å². The van der Waals surface area contributed by atoms with Crippen LogP contribution in [0.1, 0.15) is 27.0 Å². The Bertz CT molecular complexity index is 1080. The van der Waals surface area contributed by atoms with Gasteiger partial charge in [-0.25, -0.2) is 9.07 Å². The zero-order valence-corrected chi connectivity index (χ0v) is 16.0. The number of hydrogen-bond donors (Lipinski definition) is 1. The van der Waals surface area contributed by atoms with Crippen LogP contribution in [0.3, 0.4) is 0 Å². The molecule has 0 spiro atoms. The average molecular weight is 413 g/mol. The Labute approximate surface area is 169 Å². The summed E-state index contributed by atoms with van der Waals surface area (Å²) in [6.45, 7) is 0. The first-order chi connectivity index (χ1) is 13.6. The van der Waals surface area contributed by atoms with Crippen molar-refractivity contribution in [3.8, 4) is 5.69 Å². The highest BCUT2D eigenvalue weighted by Crippen LogP contribution is 2.26. The van der Waals surface area contributed by atoms with Crippen molar-refractivity contribution in [2.45, 2.75) is 6.04 Å². The van der Waals surface area contributed by atoms with Gasteiger partial charge in [0.05, 0.1) is 17.9 Å². The molecule has 0 aliphatic rings. The second kappa shape index (κ2) is 7.92. The van der Waals surface area contributed by atoms with E-state index in [0.29, 0.717) is 5.02 Å². The first-order valence-corrected chi connectivity index (χ1v) is 9.64. The second-order valence-electron chi connectivity index (χ2n) is 6.00. The fourth-order valence-corrected chi connectivity index (χ4v) is 3.65. The molecule has 4 aromatic rings. The van der Waals surface area contributed by atoms with Crippen molar-refractivity contribution < 1.29 is 9.18 Å². The highest BCUT2D eigenvalue weighted by Gasteiger charge is 2.21. The summed E-state index contributed by atoms with van der Waals surface area (Å²) in [5, 5.41) is 13.5. The van der Waals surface area contributed by atoms with Gasteiger partial charge < -0.3 is 5.32 Å². The number of halogens is 2. The SMILES string of the molecule is O=C(N[C@H](c1ccc(F)cc1)c1cccs1)c1cn(-c2ccc(Cl)cc2)nn1. The number of hydrogen-bond acceptors (Lipinski definition) is 4. The van der Waals surface area contributed by atoms with Gasteiger partial charge in [-0.3, -0.25) is 4.79 Å². The summed E-state index contributed by atoms with van der Waals surface area (Å²) >= 11 is 7.41. The number of carbonyl (C=O) groups is 1. The molecule has 4 rings (SSSR count). The third-order valence-electron chi connectivity index (χ3n) is 4.12. The number of aromatic nitrogens is 3. The smallest absolute Gasteiger partial charge is 0.274 e. The Hall–Kier alpha value is -3.03. The van der Waals surface area contributed by atoms with Gasteiger partial charge in [-0.15, -0.1) is 16.4 Å². The van der Waals surface area contributed by atoms with Gasteiger partial charge in [0.25, 0.3) is 5.91 Å². The molecule has 0 radical (unpaired) electrons. The first kappa shape index (κ1) is 18.3. The van der Waals surface area contributed by atoms with Crippen LogP contribution in [0.25, 0.3) is 5.69 Å². The summed E-state index contributed by atoms with van der Waals surface area (Å²) in [5.74, 6) is -0.700. The molecule has 2 heterocycles. The van der Waals surface area contributed by atoms with Gasteiger partial charge in [-0.2, -0.15) is 0 Å². The zero-order valence-electron chi connectivity index (χ0n) is 14.4. The number of benzene rings is 2. The Kier molecular flexibility index (Phi) is 5.18. The summed E-state index contributed by atoms with van der Waals surface area (Å²) in [7, 11) is 0. The Balaban J connectivity index is 1.58. The topological polar surface area (TPSA) is 59.8 Å². The van der Waals surface area contributed by atoms with Gasteiger partial charge in [-0.05, 0) is 53.4 Å². The molecule has 8 heteroatoms. The standard InChI is InChI=1S/C20H14ClFN4OS/c21-14-5-9-16(10-6-14)26-12-17(24-25-26)20(27)23-19(18-2-1-11-28-18)13-3-7-15(22)8-4-13/h1-12,19H,(H,23,27)/t19-/m1/s1. The van der Waals surface area contributed by atoms with Crippen LogP contribution in [0.2, 0.25) is 5.02 Å². The van der Waals surface area contributed by atoms with Crippen molar-refractivity contribution in [1.82, 2.24) is 20.3 Å². The fourth-order valence-electron chi connectivity index (χ4n) is 2.72. The van der Waals surface area contributed by atoms with E-state index in [0.717, 1.165) is 16.1 Å². The van der Waals surface area contributed by atoms with Crippen molar-refractivity contribution in [3.05, 3.63) is 99.2 Å². The molecule has 5 nitrogen and oxygen atoms in total. The number of rotatable bonds is 5. The highest BCUT2D eigenvalue weighted by atomic mass is 35.5. The lowest BCUT2D eigenvalue weighted by Gasteiger charge is -2.17. The maximum atomic E-state index is 13.3. The average Bonchev–Trinajstić information content (AvgIpc) is 3.40. The zero-order chi connectivity index (χ0) is 19.5. The van der Waals surface area contributed by atoms with E-state index < -0.39 is 6.04 Å². The lowest BCUT2D eigenvalue weighted by Crippen LogP contribution is -2.29. The van der Waals surface area contributed by atoms with Crippen LogP contribution in [0.4, 0.5) is 4.39 Å². The van der Waals surface area contributed by atoms with E-state index in [9.17, 15) is 9.18 Å². The van der Waals surface area contributed by atoms with Crippen LogP contribution >= 0.6 is 22.9 Å². The largest absolute Gasteiger partial charge is 0.339 e. The van der Waals surface area contributed by atoms with Gasteiger partial charge in [0.1, 0.15) is 5.82 Å². The molecule has 0 aliphatic carbocycles. The molecule has 0 unspecified atom stereocenters. The van der Waals surface area contributed by atoms with Crippen molar-refractivity contribution in [3.63, 3.8) is 0 Å². The predicted octanol–water partition coefficient (Wildman–Crippen LogP) is 4.64. The predicted molar refractivity (Wildman–Crippen MR) is 106 cm³/mol. The number of nitrogens with one attached hydrogen (secondary N) is 1. The molecule has 0 aliphatic heterocycles. The van der Waals surface area contributed by atoms with E-state index in [1.807, 2.05) is 17.5 Å². The quantitative estimate of drug-likeness (QED) is 0.519. The molecular formula is C20H14ClFN4OS. The molecule has 0 bridgehead atoms. The molecule has 28 heavy (non-hydrogen) atoms. The third kappa shape index (κ3) is 3.95. The van der Waals surface area contributed by atoms with Crippen molar-refractivity contribution >= 4 is 28.8 Å². The first-order valence-electron chi connectivity index (χ1n) is 8.38. The van der Waals surface area contributed by atoms with Gasteiger partial charge >= 0.3 is 0 Å². The summed E-state index contributed by atoms with van der Waals surface area (Å²) < 4.78 is 14.8. The minimum Gasteiger partial charge on any atom is -0.339 e. The monoisotopic (exact) mass is 412 g/mol. The van der Waals surface area contributed by atoms with Crippen LogP contribution in [-0.4, -0.2) is 20.9 Å². The van der Waals surface area contributed by atoms with Crippen molar-refractivity contribution in [2.24, 2.45) is 0 Å². The maximum Gasteiger partial charge on any atom is 0.274 e. The summed E-state index contributed by atoms with van der Waals surface area (Å²) in [4.78, 5) is 13.7. The number of amides is 1. The van der Waals surface area contributed by atoms with E-state index >= 15 is 0 Å². The van der Waals surface area contributed by atoms with Gasteiger partial charge in [0.15, 0.2) is 5.69 Å². The molecule has 0 saturated carbocycles. The summed E-state index contributed by atoms with van der Waals surface area (Å²) in [5.41, 5.74) is 1.70. The molecule has 1 atom stereocenters. The molecular weight excluding hydrogens is 399 g/mol. The number of thiophene rings is 1. The van der Waals surface area contributed by atoms with Gasteiger partial charge in [-0.1, -0.05) is 35.0 Å². The van der Waals surface area contributed by atoms with Crippen molar-refractivity contribution in [1.29, 1.82) is 0 Å². The minimum absolute atomic E-state index is 0.179. The minimum atomic E-state index is -0.409. The summed E-state index contributed by atoms with van der Waals surface area (Å²) in [6, 6.07) is 16.5. The molecule has 0 fully saturated rings. The molecule has 2 aromatic heterocycles. The van der Waals surface area contributed by atoms with E-state index in [4.69, 9.17) is 11.6 Å². The van der Waals surface area contributed by atoms with Gasteiger partial charge in [0, 0.05) is 9.90 Å². The summed E-state index contributed by atoms with van der Waals surface area (Å²) in [6.07, 6.45) is 1.55. The van der Waals surface area contributed by atoms with E-state index in [-0.39, 0.29) is 17.4 Å². The fraction of sp³-hybridized carbons (Fsp3) is 0.0500. The molecule has 1 amide bonds. The highest BCUT2D eigenvalue weighted by molar-refractivity contribution is 7.10. The van der Waals surface area contributed by atoms with Crippen molar-refractivity contribution in [2.75, 3.05) is 0 Å². The van der Waals surface area contributed by atoms with Crippen LogP contribution in [0.5, 0.6) is 0 Å². The Morgan fingerprint density at radius 3 is 2.54 bits per heavy atom. The van der Waals surface area contributed by atoms with Crippen LogP contribution in [0.15, 0.2) is 72.2 Å². The van der Waals surface area contributed by atoms with Crippen LogP contribution in [-0.2, 0) is 0 Å². The van der Waals surface area contributed by atoms with E-state index in [2.05, 4.69) is 15.6 Å². The number of nitrogens with zero attached hydrogens (tertiary/aromatic N) is 3. The normalized spacial score (nSPS) is 11.9.